The second-order valence-electron chi connectivity index (χ2n) is 6.17. The second-order valence-corrected chi connectivity index (χ2v) is 7.16. The van der Waals surface area contributed by atoms with Gasteiger partial charge < -0.3 is 9.47 Å². The first-order valence-corrected chi connectivity index (χ1v) is 9.54. The van der Waals surface area contributed by atoms with Gasteiger partial charge in [0.15, 0.2) is 0 Å². The van der Waals surface area contributed by atoms with Crippen LogP contribution in [0.15, 0.2) is 53.4 Å². The van der Waals surface area contributed by atoms with Gasteiger partial charge in [-0.3, -0.25) is 14.5 Å². The molecule has 1 unspecified atom stereocenters. The molecule has 8 heteroatoms. The summed E-state index contributed by atoms with van der Waals surface area (Å²) in [6.07, 6.45) is 1.52. The molecule has 2 amide bonds. The summed E-state index contributed by atoms with van der Waals surface area (Å²) in [6, 6.07) is 12.2. The molecule has 1 aliphatic heterocycles. The van der Waals surface area contributed by atoms with E-state index in [4.69, 9.17) is 4.74 Å². The Kier molecular flexibility index (Phi) is 6.33. The number of nitrogens with zero attached hydrogens (tertiary/aromatic N) is 1. The average molecular weight is 415 g/mol. The van der Waals surface area contributed by atoms with Crippen molar-refractivity contribution in [3.8, 4) is 5.75 Å². The Morgan fingerprint density at radius 3 is 2.59 bits per heavy atom. The minimum atomic E-state index is -1.02. The zero-order valence-electron chi connectivity index (χ0n) is 15.8. The van der Waals surface area contributed by atoms with Crippen molar-refractivity contribution in [3.05, 3.63) is 70.4 Å². The summed E-state index contributed by atoms with van der Waals surface area (Å²) in [6.45, 7) is 1.44. The highest BCUT2D eigenvalue weighted by Crippen LogP contribution is 2.35. The first-order chi connectivity index (χ1) is 13.9. The lowest BCUT2D eigenvalue weighted by Gasteiger charge is -2.18. The molecule has 0 N–H and O–H groups in total. The first kappa shape index (κ1) is 20.6. The van der Waals surface area contributed by atoms with E-state index in [1.54, 1.807) is 42.5 Å². The molecule has 1 atom stereocenters. The van der Waals surface area contributed by atoms with E-state index >= 15 is 0 Å². The van der Waals surface area contributed by atoms with Crippen LogP contribution < -0.4 is 4.74 Å². The van der Waals surface area contributed by atoms with E-state index in [1.807, 2.05) is 0 Å². The zero-order valence-corrected chi connectivity index (χ0v) is 16.6. The minimum absolute atomic E-state index is 0.0123. The van der Waals surface area contributed by atoms with Gasteiger partial charge in [0.25, 0.3) is 11.1 Å². The minimum Gasteiger partial charge on any atom is -0.488 e. The summed E-state index contributed by atoms with van der Waals surface area (Å²) in [5.74, 6) is -1.20. The molecule has 0 aliphatic carbocycles. The van der Waals surface area contributed by atoms with Crippen LogP contribution in [-0.4, -0.2) is 35.2 Å². The molecule has 2 aromatic carbocycles. The van der Waals surface area contributed by atoms with E-state index in [-0.39, 0.29) is 17.3 Å². The van der Waals surface area contributed by atoms with Crippen LogP contribution in [0.5, 0.6) is 5.75 Å². The Balaban J connectivity index is 1.82. The number of amides is 2. The maximum Gasteiger partial charge on any atom is 0.328 e. The normalized spacial score (nSPS) is 16.2. The monoisotopic (exact) mass is 415 g/mol. The van der Waals surface area contributed by atoms with Crippen molar-refractivity contribution in [2.24, 2.45) is 0 Å². The maximum absolute atomic E-state index is 13.8. The van der Waals surface area contributed by atoms with E-state index in [2.05, 4.69) is 4.74 Å². The van der Waals surface area contributed by atoms with E-state index in [1.165, 1.54) is 26.2 Å². The SMILES string of the molecule is COC(=O)C(C)N1C(=O)SC(=Cc2ccccc2OCc2ccccc2F)C1=O. The molecular weight excluding hydrogens is 397 g/mol. The number of rotatable bonds is 6. The van der Waals surface area contributed by atoms with Gasteiger partial charge in [-0.25, -0.2) is 9.18 Å². The molecule has 3 rings (SSSR count). The fraction of sp³-hybridized carbons (Fsp3) is 0.190. The number of halogens is 1. The Hall–Kier alpha value is -3.13. The van der Waals surface area contributed by atoms with Gasteiger partial charge in [0.05, 0.1) is 12.0 Å². The summed E-state index contributed by atoms with van der Waals surface area (Å²) >= 11 is 0.734. The van der Waals surface area contributed by atoms with Crippen LogP contribution in [0, 0.1) is 5.82 Å². The molecule has 29 heavy (non-hydrogen) atoms. The maximum atomic E-state index is 13.8. The molecule has 0 aromatic heterocycles. The molecule has 0 saturated carbocycles. The van der Waals surface area contributed by atoms with Crippen LogP contribution >= 0.6 is 11.8 Å². The van der Waals surface area contributed by atoms with Gasteiger partial charge >= 0.3 is 5.97 Å². The number of hydrogen-bond acceptors (Lipinski definition) is 6. The van der Waals surface area contributed by atoms with Crippen LogP contribution in [0.25, 0.3) is 6.08 Å². The van der Waals surface area contributed by atoms with Gasteiger partial charge in [0, 0.05) is 11.1 Å². The lowest BCUT2D eigenvalue weighted by atomic mass is 10.1. The number of carbonyl (C=O) groups is 3. The Morgan fingerprint density at radius 2 is 1.86 bits per heavy atom. The van der Waals surface area contributed by atoms with Crippen LogP contribution in [0.1, 0.15) is 18.1 Å². The van der Waals surface area contributed by atoms with Crippen molar-refractivity contribution in [1.82, 2.24) is 4.90 Å². The summed E-state index contributed by atoms with van der Waals surface area (Å²) in [7, 11) is 1.19. The molecule has 1 heterocycles. The van der Waals surface area contributed by atoms with E-state index in [0.29, 0.717) is 16.9 Å². The number of ether oxygens (including phenoxy) is 2. The molecular formula is C21H18FNO5S. The van der Waals surface area contributed by atoms with Gasteiger partial charge in [0.2, 0.25) is 0 Å². The largest absolute Gasteiger partial charge is 0.488 e. The Morgan fingerprint density at radius 1 is 1.17 bits per heavy atom. The summed E-state index contributed by atoms with van der Waals surface area (Å²) in [4.78, 5) is 37.6. The van der Waals surface area contributed by atoms with E-state index in [9.17, 15) is 18.8 Å². The fourth-order valence-corrected chi connectivity index (χ4v) is 3.63. The summed E-state index contributed by atoms with van der Waals surface area (Å²) in [5.41, 5.74) is 0.953. The molecule has 0 spiro atoms. The van der Waals surface area contributed by atoms with Crippen molar-refractivity contribution in [3.63, 3.8) is 0 Å². The number of esters is 1. The molecule has 1 aliphatic rings. The number of thioether (sulfide) groups is 1. The van der Waals surface area contributed by atoms with Crippen molar-refractivity contribution < 1.29 is 28.2 Å². The van der Waals surface area contributed by atoms with Gasteiger partial charge in [-0.1, -0.05) is 36.4 Å². The lowest BCUT2D eigenvalue weighted by Crippen LogP contribution is -2.42. The first-order valence-electron chi connectivity index (χ1n) is 8.72. The third kappa shape index (κ3) is 4.48. The predicted molar refractivity (Wildman–Crippen MR) is 106 cm³/mol. The highest BCUT2D eigenvalue weighted by Gasteiger charge is 2.41. The third-order valence-corrected chi connectivity index (χ3v) is 5.18. The van der Waals surface area contributed by atoms with Crippen molar-refractivity contribution in [2.75, 3.05) is 7.11 Å². The summed E-state index contributed by atoms with van der Waals surface area (Å²) in [5, 5.41) is -0.552. The van der Waals surface area contributed by atoms with Crippen LogP contribution in [0.2, 0.25) is 0 Å². The highest BCUT2D eigenvalue weighted by atomic mass is 32.2. The molecule has 2 aromatic rings. The molecule has 150 valence electrons. The van der Waals surface area contributed by atoms with Gasteiger partial charge in [-0.05, 0) is 36.9 Å². The van der Waals surface area contributed by atoms with Gasteiger partial charge in [0.1, 0.15) is 24.2 Å². The standard InChI is InChI=1S/C21H18FNO5S/c1-13(20(25)27-2)23-19(24)18(29-21(23)26)11-14-7-4-6-10-17(14)28-12-15-8-3-5-9-16(15)22/h3-11,13H,12H2,1-2H3. The van der Waals surface area contributed by atoms with Crippen molar-refractivity contribution in [1.29, 1.82) is 0 Å². The van der Waals surface area contributed by atoms with Crippen LogP contribution in [-0.2, 0) is 20.9 Å². The Labute approximate surface area is 171 Å². The fourth-order valence-electron chi connectivity index (χ4n) is 2.73. The predicted octanol–water partition coefficient (Wildman–Crippen LogP) is 4.00. The number of methoxy groups -OCH3 is 1. The molecule has 1 fully saturated rings. The van der Waals surface area contributed by atoms with Crippen LogP contribution in [0.3, 0.4) is 0 Å². The third-order valence-electron chi connectivity index (χ3n) is 4.30. The molecule has 1 saturated heterocycles. The molecule has 0 bridgehead atoms. The molecule has 6 nitrogen and oxygen atoms in total. The van der Waals surface area contributed by atoms with E-state index in [0.717, 1.165) is 16.7 Å². The quantitative estimate of drug-likeness (QED) is 0.525. The number of carbonyl (C=O) groups excluding carboxylic acids is 3. The summed E-state index contributed by atoms with van der Waals surface area (Å²) < 4.78 is 24.1. The van der Waals surface area contributed by atoms with Crippen LogP contribution in [0.4, 0.5) is 9.18 Å². The topological polar surface area (TPSA) is 72.9 Å². The second kappa shape index (κ2) is 8.91. The number of para-hydroxylation sites is 1. The van der Waals surface area contributed by atoms with Crippen molar-refractivity contribution >= 4 is 35.0 Å². The lowest BCUT2D eigenvalue weighted by molar-refractivity contribution is -0.148. The average Bonchev–Trinajstić information content (AvgIpc) is 3.00. The Bertz CT molecular complexity index is 991. The zero-order chi connectivity index (χ0) is 21.0. The van der Waals surface area contributed by atoms with Gasteiger partial charge in [-0.2, -0.15) is 0 Å². The van der Waals surface area contributed by atoms with E-state index < -0.39 is 23.2 Å². The number of imide groups is 1. The van der Waals surface area contributed by atoms with Gasteiger partial charge in [-0.15, -0.1) is 0 Å². The smallest absolute Gasteiger partial charge is 0.328 e. The highest BCUT2D eigenvalue weighted by molar-refractivity contribution is 8.18. The number of hydrogen-bond donors (Lipinski definition) is 0. The molecule has 0 radical (unpaired) electrons. The van der Waals surface area contributed by atoms with Crippen molar-refractivity contribution in [2.45, 2.75) is 19.6 Å². The number of benzene rings is 2.